The van der Waals surface area contributed by atoms with Crippen molar-refractivity contribution in [3.05, 3.63) is 50.4 Å². The first-order valence-corrected chi connectivity index (χ1v) is 10.6. The number of hydrogen-bond acceptors (Lipinski definition) is 4. The SMILES string of the molecule is CC1=NC(=O)C(CN2CCc3c(Cl)cc(OC(C)C)c(Cl)c3C2=O)c2oc(C)cc21. The number of nitrogens with zero attached hydrogens (tertiary/aromatic N) is 2. The Morgan fingerprint density at radius 3 is 2.70 bits per heavy atom. The molecule has 158 valence electrons. The Hall–Kier alpha value is -2.31. The van der Waals surface area contributed by atoms with Gasteiger partial charge in [0.05, 0.1) is 22.4 Å². The van der Waals surface area contributed by atoms with E-state index in [9.17, 15) is 9.59 Å². The second kappa shape index (κ2) is 7.75. The molecule has 0 bridgehead atoms. The number of fused-ring (bicyclic) bond motifs is 2. The van der Waals surface area contributed by atoms with Gasteiger partial charge in [0.2, 0.25) is 0 Å². The maximum absolute atomic E-state index is 13.3. The maximum atomic E-state index is 13.3. The molecule has 2 aromatic rings. The first-order chi connectivity index (χ1) is 14.2. The number of ether oxygens (including phenoxy) is 1. The smallest absolute Gasteiger partial charge is 0.258 e. The molecule has 8 heteroatoms. The lowest BCUT2D eigenvalue weighted by Crippen LogP contribution is -2.42. The third-order valence-corrected chi connectivity index (χ3v) is 6.06. The summed E-state index contributed by atoms with van der Waals surface area (Å²) >= 11 is 13.0. The predicted octanol–water partition coefficient (Wildman–Crippen LogP) is 4.81. The van der Waals surface area contributed by atoms with Crippen LogP contribution in [0.4, 0.5) is 0 Å². The molecule has 6 nitrogen and oxygen atoms in total. The van der Waals surface area contributed by atoms with Crippen LogP contribution in [0.1, 0.15) is 59.7 Å². The third-order valence-electron chi connectivity index (χ3n) is 5.35. The molecule has 1 aromatic heterocycles. The monoisotopic (exact) mass is 448 g/mol. The standard InChI is InChI=1S/C22H22Cl2N2O4/c1-10(2)29-17-8-16(23)13-5-6-26(22(28)18(13)19(17)24)9-15-20-14(7-11(3)30-20)12(4)25-21(15)27/h7-8,10,15H,5-6,9H2,1-4H3. The van der Waals surface area contributed by atoms with Crippen molar-refractivity contribution in [2.24, 2.45) is 4.99 Å². The van der Waals surface area contributed by atoms with E-state index in [2.05, 4.69) is 4.99 Å². The van der Waals surface area contributed by atoms with Gasteiger partial charge in [0.25, 0.3) is 11.8 Å². The van der Waals surface area contributed by atoms with Crippen LogP contribution in [0.2, 0.25) is 10.0 Å². The van der Waals surface area contributed by atoms with E-state index in [0.29, 0.717) is 52.1 Å². The van der Waals surface area contributed by atoms with Crippen LogP contribution in [0.3, 0.4) is 0 Å². The average molecular weight is 449 g/mol. The van der Waals surface area contributed by atoms with E-state index in [1.54, 1.807) is 17.9 Å². The second-order valence-corrected chi connectivity index (χ2v) is 8.70. The van der Waals surface area contributed by atoms with Crippen molar-refractivity contribution in [1.29, 1.82) is 0 Å². The molecule has 1 aromatic carbocycles. The molecular formula is C22H22Cl2N2O4. The quantitative estimate of drug-likeness (QED) is 0.672. The Bertz CT molecular complexity index is 1090. The Labute approximate surface area is 184 Å². The van der Waals surface area contributed by atoms with E-state index < -0.39 is 5.92 Å². The molecular weight excluding hydrogens is 427 g/mol. The van der Waals surface area contributed by atoms with Gasteiger partial charge in [0.15, 0.2) is 0 Å². The zero-order valence-corrected chi connectivity index (χ0v) is 18.7. The first-order valence-electron chi connectivity index (χ1n) is 9.84. The van der Waals surface area contributed by atoms with Crippen molar-refractivity contribution in [2.45, 2.75) is 46.1 Å². The minimum absolute atomic E-state index is 0.118. The van der Waals surface area contributed by atoms with E-state index >= 15 is 0 Å². The number of halogens is 2. The zero-order valence-electron chi connectivity index (χ0n) is 17.2. The van der Waals surface area contributed by atoms with Crippen LogP contribution in [-0.4, -0.2) is 41.6 Å². The molecule has 2 aliphatic heterocycles. The number of hydrogen-bond donors (Lipinski definition) is 0. The van der Waals surface area contributed by atoms with Crippen LogP contribution in [0.5, 0.6) is 5.75 Å². The summed E-state index contributed by atoms with van der Waals surface area (Å²) in [7, 11) is 0. The molecule has 4 rings (SSSR count). The van der Waals surface area contributed by atoms with E-state index in [1.165, 1.54) is 0 Å². The lowest BCUT2D eigenvalue weighted by molar-refractivity contribution is -0.120. The van der Waals surface area contributed by atoms with Gasteiger partial charge in [-0.05, 0) is 45.7 Å². The summed E-state index contributed by atoms with van der Waals surface area (Å²) in [5.41, 5.74) is 2.49. The number of carbonyl (C=O) groups excluding carboxylic acids is 2. The highest BCUT2D eigenvalue weighted by molar-refractivity contribution is 6.38. The van der Waals surface area contributed by atoms with Crippen LogP contribution in [0.15, 0.2) is 21.5 Å². The summed E-state index contributed by atoms with van der Waals surface area (Å²) in [5, 5.41) is 0.701. The van der Waals surface area contributed by atoms with Crippen molar-refractivity contribution in [3.8, 4) is 5.75 Å². The minimum Gasteiger partial charge on any atom is -0.489 e. The zero-order chi connectivity index (χ0) is 21.7. The van der Waals surface area contributed by atoms with Crippen molar-refractivity contribution in [1.82, 2.24) is 4.90 Å². The number of furan rings is 1. The summed E-state index contributed by atoms with van der Waals surface area (Å²) in [5.74, 6) is 0.408. The number of amides is 2. The van der Waals surface area contributed by atoms with Crippen LogP contribution < -0.4 is 4.74 Å². The average Bonchev–Trinajstić information content (AvgIpc) is 3.05. The molecule has 0 saturated carbocycles. The van der Waals surface area contributed by atoms with Crippen molar-refractivity contribution in [3.63, 3.8) is 0 Å². The topological polar surface area (TPSA) is 72.1 Å². The van der Waals surface area contributed by atoms with Gasteiger partial charge in [-0.2, -0.15) is 0 Å². The highest BCUT2D eigenvalue weighted by atomic mass is 35.5. The summed E-state index contributed by atoms with van der Waals surface area (Å²) < 4.78 is 11.5. The molecule has 1 unspecified atom stereocenters. The summed E-state index contributed by atoms with van der Waals surface area (Å²) in [6.45, 7) is 7.94. The largest absolute Gasteiger partial charge is 0.489 e. The number of rotatable bonds is 4. The summed E-state index contributed by atoms with van der Waals surface area (Å²) in [6, 6.07) is 3.53. The molecule has 0 radical (unpaired) electrons. The molecule has 2 aliphatic rings. The van der Waals surface area contributed by atoms with Crippen LogP contribution >= 0.6 is 23.2 Å². The Kier molecular flexibility index (Phi) is 5.41. The molecule has 3 heterocycles. The van der Waals surface area contributed by atoms with Crippen molar-refractivity contribution in [2.75, 3.05) is 13.1 Å². The van der Waals surface area contributed by atoms with Gasteiger partial charge < -0.3 is 14.1 Å². The maximum Gasteiger partial charge on any atom is 0.258 e. The van der Waals surface area contributed by atoms with Gasteiger partial charge in [-0.3, -0.25) is 9.59 Å². The molecule has 0 aliphatic carbocycles. The van der Waals surface area contributed by atoms with Gasteiger partial charge >= 0.3 is 0 Å². The third kappa shape index (κ3) is 3.52. The molecule has 0 saturated heterocycles. The van der Waals surface area contributed by atoms with Gasteiger partial charge in [0.1, 0.15) is 23.2 Å². The van der Waals surface area contributed by atoms with Gasteiger partial charge in [-0.25, -0.2) is 4.99 Å². The predicted molar refractivity (Wildman–Crippen MR) is 115 cm³/mol. The van der Waals surface area contributed by atoms with Gasteiger partial charge in [-0.15, -0.1) is 0 Å². The molecule has 0 spiro atoms. The Morgan fingerprint density at radius 1 is 1.27 bits per heavy atom. The van der Waals surface area contributed by atoms with E-state index in [-0.39, 0.29) is 29.5 Å². The van der Waals surface area contributed by atoms with Crippen LogP contribution in [0, 0.1) is 6.92 Å². The Balaban J connectivity index is 1.67. The Morgan fingerprint density at radius 2 is 2.00 bits per heavy atom. The van der Waals surface area contributed by atoms with Gasteiger partial charge in [-0.1, -0.05) is 23.2 Å². The molecule has 0 N–H and O–H groups in total. The van der Waals surface area contributed by atoms with Crippen molar-refractivity contribution >= 4 is 40.7 Å². The molecule has 2 amide bonds. The molecule has 0 fully saturated rings. The van der Waals surface area contributed by atoms with Gasteiger partial charge in [0, 0.05) is 29.7 Å². The number of aryl methyl sites for hydroxylation is 1. The highest BCUT2D eigenvalue weighted by Crippen LogP contribution is 2.40. The summed E-state index contributed by atoms with van der Waals surface area (Å²) in [4.78, 5) is 31.7. The highest BCUT2D eigenvalue weighted by Gasteiger charge is 2.37. The molecule has 1 atom stereocenters. The fourth-order valence-electron chi connectivity index (χ4n) is 4.00. The first kappa shape index (κ1) is 20.9. The van der Waals surface area contributed by atoms with E-state index in [1.807, 2.05) is 26.8 Å². The lowest BCUT2D eigenvalue weighted by Gasteiger charge is -2.32. The minimum atomic E-state index is -0.646. The molecule has 30 heavy (non-hydrogen) atoms. The number of carbonyl (C=O) groups is 2. The fourth-order valence-corrected chi connectivity index (χ4v) is 4.58. The number of benzene rings is 1. The van der Waals surface area contributed by atoms with Crippen LogP contribution in [-0.2, 0) is 11.2 Å². The van der Waals surface area contributed by atoms with Crippen LogP contribution in [0.25, 0.3) is 0 Å². The number of aliphatic imine (C=N–C) groups is 1. The fraction of sp³-hybridized carbons (Fsp3) is 0.409. The van der Waals surface area contributed by atoms with Crippen molar-refractivity contribution < 1.29 is 18.7 Å². The lowest BCUT2D eigenvalue weighted by atomic mass is 9.93. The second-order valence-electron chi connectivity index (χ2n) is 7.91. The van der Waals surface area contributed by atoms with E-state index in [0.717, 1.165) is 5.56 Å². The summed E-state index contributed by atoms with van der Waals surface area (Å²) in [6.07, 6.45) is 0.419. The van der Waals surface area contributed by atoms with E-state index in [4.69, 9.17) is 32.4 Å². The normalized spacial score (nSPS) is 18.4.